The molecule has 3 aromatic carbocycles. The van der Waals surface area contributed by atoms with Crippen LogP contribution >= 0.6 is 22.9 Å². The van der Waals surface area contributed by atoms with E-state index in [1.54, 1.807) is 62.5 Å². The van der Waals surface area contributed by atoms with Crippen LogP contribution in [0.1, 0.15) is 36.8 Å². The van der Waals surface area contributed by atoms with E-state index >= 15 is 4.79 Å². The summed E-state index contributed by atoms with van der Waals surface area (Å²) in [4.78, 5) is 61.2. The number of aryl methyl sites for hydroxylation is 2. The molecular formula is C41H32ClF3N4O6S. The molecule has 2 aliphatic carbocycles. The third-order valence-electron chi connectivity index (χ3n) is 12.0. The maximum Gasteiger partial charge on any atom is 0.573 e. The van der Waals surface area contributed by atoms with E-state index in [1.165, 1.54) is 16.0 Å². The molecule has 0 bridgehead atoms. The number of halogens is 4. The molecule has 15 heteroatoms. The molecule has 0 spiro atoms. The van der Waals surface area contributed by atoms with Gasteiger partial charge in [0.25, 0.3) is 0 Å². The number of carbonyl (C=O) groups is 4. The van der Waals surface area contributed by atoms with Gasteiger partial charge in [0.1, 0.15) is 23.0 Å². The first-order valence-corrected chi connectivity index (χ1v) is 19.1. The Bertz CT molecular complexity index is 2570. The van der Waals surface area contributed by atoms with Crippen molar-refractivity contribution in [2.75, 3.05) is 9.80 Å². The number of hydrogen-bond donors (Lipinski definition) is 1. The SMILES string of the molecule is Cc1c(-c2cc(N3C(=O)[C@@H]4C[C@@H]5C(=CC[C@@H]6C(=O)N(c7ccccc7)C(=O)[C@@H]65)[C@H](c5cc(OC(F)(F)F)ccc5O)[C@]4(C)C3=O)n(C)n2)sc2ccc(Cl)cc12. The molecule has 0 radical (unpaired) electrons. The topological polar surface area (TPSA) is 122 Å². The van der Waals surface area contributed by atoms with Gasteiger partial charge in [-0.2, -0.15) is 5.10 Å². The highest BCUT2D eigenvalue weighted by Gasteiger charge is 2.68. The van der Waals surface area contributed by atoms with Gasteiger partial charge in [0, 0.05) is 34.3 Å². The van der Waals surface area contributed by atoms with Crippen LogP contribution in [0.2, 0.25) is 5.02 Å². The van der Waals surface area contributed by atoms with E-state index in [9.17, 15) is 32.7 Å². The Hall–Kier alpha value is -5.47. The van der Waals surface area contributed by atoms with Gasteiger partial charge in [-0.1, -0.05) is 41.4 Å². The van der Waals surface area contributed by atoms with Crippen molar-refractivity contribution >= 4 is 68.2 Å². The molecule has 4 heterocycles. The van der Waals surface area contributed by atoms with Crippen molar-refractivity contribution in [1.29, 1.82) is 0 Å². The predicted octanol–water partition coefficient (Wildman–Crippen LogP) is 8.30. The number of anilines is 2. The van der Waals surface area contributed by atoms with Crippen LogP contribution in [0, 0.1) is 36.0 Å². The van der Waals surface area contributed by atoms with Gasteiger partial charge >= 0.3 is 6.36 Å². The maximum atomic E-state index is 15.1. The molecule has 1 N–H and O–H groups in total. The molecule has 286 valence electrons. The molecule has 2 saturated heterocycles. The average Bonchev–Trinajstić information content (AvgIpc) is 3.82. The van der Waals surface area contributed by atoms with E-state index < -0.39 is 76.5 Å². The van der Waals surface area contributed by atoms with E-state index in [-0.39, 0.29) is 24.2 Å². The molecule has 56 heavy (non-hydrogen) atoms. The van der Waals surface area contributed by atoms with Crippen LogP contribution in [0.3, 0.4) is 0 Å². The lowest BCUT2D eigenvalue weighted by atomic mass is 9.51. The van der Waals surface area contributed by atoms with Crippen LogP contribution in [0.4, 0.5) is 24.7 Å². The summed E-state index contributed by atoms with van der Waals surface area (Å²) < 4.78 is 47.2. The molecule has 10 nitrogen and oxygen atoms in total. The summed E-state index contributed by atoms with van der Waals surface area (Å²) in [7, 11) is 1.61. The second kappa shape index (κ2) is 12.5. The number of carbonyl (C=O) groups excluding carboxylic acids is 4. The third kappa shape index (κ3) is 5.25. The van der Waals surface area contributed by atoms with Crippen molar-refractivity contribution in [2.24, 2.45) is 36.1 Å². The van der Waals surface area contributed by atoms with Crippen LogP contribution in [-0.4, -0.2) is 44.9 Å². The number of hydrogen-bond acceptors (Lipinski definition) is 8. The Labute approximate surface area is 326 Å². The minimum Gasteiger partial charge on any atom is -0.508 e. The minimum atomic E-state index is -5.06. The van der Waals surface area contributed by atoms with Gasteiger partial charge < -0.3 is 9.84 Å². The fourth-order valence-corrected chi connectivity index (χ4v) is 10.9. The highest BCUT2D eigenvalue weighted by atomic mass is 35.5. The number of para-hydroxylation sites is 1. The number of ether oxygens (including phenoxy) is 1. The Kier molecular flexibility index (Phi) is 8.09. The first kappa shape index (κ1) is 36.2. The zero-order valence-corrected chi connectivity index (χ0v) is 31.6. The number of aromatic hydroxyl groups is 1. The normalized spacial score (nSPS) is 26.1. The second-order valence-electron chi connectivity index (χ2n) is 15.0. The molecule has 6 atom stereocenters. The van der Waals surface area contributed by atoms with Crippen LogP contribution < -0.4 is 14.5 Å². The van der Waals surface area contributed by atoms with Crippen LogP contribution in [0.15, 0.2) is 84.4 Å². The molecule has 3 fully saturated rings. The fourth-order valence-electron chi connectivity index (χ4n) is 9.59. The lowest BCUT2D eigenvalue weighted by Gasteiger charge is -2.49. The molecule has 4 amide bonds. The molecule has 1 saturated carbocycles. The van der Waals surface area contributed by atoms with Crippen molar-refractivity contribution < 1.29 is 42.2 Å². The van der Waals surface area contributed by atoms with Crippen molar-refractivity contribution in [1.82, 2.24) is 9.78 Å². The van der Waals surface area contributed by atoms with Crippen molar-refractivity contribution in [2.45, 2.75) is 39.0 Å². The molecular weight excluding hydrogens is 769 g/mol. The molecule has 9 rings (SSSR count). The average molecular weight is 801 g/mol. The summed E-state index contributed by atoms with van der Waals surface area (Å²) >= 11 is 7.77. The number of aromatic nitrogens is 2. The fraction of sp³-hybridized carbons (Fsp3) is 0.293. The van der Waals surface area contributed by atoms with E-state index in [4.69, 9.17) is 16.7 Å². The zero-order valence-electron chi connectivity index (χ0n) is 30.0. The number of phenols is 1. The Morgan fingerprint density at radius 3 is 2.43 bits per heavy atom. The first-order chi connectivity index (χ1) is 26.6. The Balaban J connectivity index is 1.18. The van der Waals surface area contributed by atoms with Gasteiger partial charge in [0.15, 0.2) is 0 Å². The van der Waals surface area contributed by atoms with E-state index in [0.29, 0.717) is 22.0 Å². The van der Waals surface area contributed by atoms with Crippen molar-refractivity contribution in [3.8, 4) is 22.1 Å². The van der Waals surface area contributed by atoms with Crippen LogP contribution in [-0.2, 0) is 26.2 Å². The first-order valence-electron chi connectivity index (χ1n) is 17.9. The zero-order chi connectivity index (χ0) is 39.6. The number of rotatable bonds is 5. The summed E-state index contributed by atoms with van der Waals surface area (Å²) in [5, 5.41) is 17.6. The number of benzene rings is 3. The summed E-state index contributed by atoms with van der Waals surface area (Å²) in [6.07, 6.45) is -3.19. The van der Waals surface area contributed by atoms with Crippen LogP contribution in [0.25, 0.3) is 20.7 Å². The van der Waals surface area contributed by atoms with E-state index in [2.05, 4.69) is 4.74 Å². The largest absolute Gasteiger partial charge is 0.573 e. The van der Waals surface area contributed by atoms with Gasteiger partial charge in [-0.25, -0.2) is 4.90 Å². The lowest BCUT2D eigenvalue weighted by molar-refractivity contribution is -0.274. The van der Waals surface area contributed by atoms with Gasteiger partial charge in [-0.05, 0) is 92.1 Å². The molecule has 0 unspecified atom stereocenters. The minimum absolute atomic E-state index is 0.00309. The number of allylic oxidation sites excluding steroid dienone is 2. The predicted molar refractivity (Wildman–Crippen MR) is 202 cm³/mol. The number of nitrogens with zero attached hydrogens (tertiary/aromatic N) is 4. The van der Waals surface area contributed by atoms with Crippen LogP contribution in [0.5, 0.6) is 11.5 Å². The van der Waals surface area contributed by atoms with Crippen molar-refractivity contribution in [3.63, 3.8) is 0 Å². The van der Waals surface area contributed by atoms with Gasteiger partial charge in [-0.3, -0.25) is 28.8 Å². The van der Waals surface area contributed by atoms with Gasteiger partial charge in [0.2, 0.25) is 23.6 Å². The van der Waals surface area contributed by atoms with E-state index in [1.807, 2.05) is 19.1 Å². The highest BCUT2D eigenvalue weighted by Crippen LogP contribution is 2.65. The molecule has 2 aromatic heterocycles. The smallest absolute Gasteiger partial charge is 0.508 e. The number of alkyl halides is 3. The molecule has 5 aromatic rings. The summed E-state index contributed by atoms with van der Waals surface area (Å²) in [5.74, 6) is -7.70. The highest BCUT2D eigenvalue weighted by molar-refractivity contribution is 7.22. The Morgan fingerprint density at radius 2 is 1.70 bits per heavy atom. The summed E-state index contributed by atoms with van der Waals surface area (Å²) in [5.41, 5.74) is 0.596. The summed E-state index contributed by atoms with van der Waals surface area (Å²) in [6, 6.07) is 18.7. The number of thiophene rings is 1. The second-order valence-corrected chi connectivity index (χ2v) is 16.5. The quantitative estimate of drug-likeness (QED) is 0.140. The third-order valence-corrected chi connectivity index (χ3v) is 13.6. The van der Waals surface area contributed by atoms with Gasteiger partial charge in [0.05, 0.1) is 33.7 Å². The number of amides is 4. The maximum absolute atomic E-state index is 15.1. The van der Waals surface area contributed by atoms with Gasteiger partial charge in [-0.15, -0.1) is 24.5 Å². The number of fused-ring (bicyclic) bond motifs is 5. The standard InChI is InChI=1S/C41H32ClF3N4O6S/c1-19-25-15-20(42)9-14-31(25)56-35(19)29-18-32(47(3)46-29)49-37(52)28-17-26-23(11-12-24-33(26)38(53)48(36(24)51)21-7-5-4-6-8-21)34(40(28,2)39(49)54)27-16-22(10-13-30(27)50)55-41(43,44)45/h4-11,13-16,18,24,26,28,33-34,50H,12,17H2,1-3H3/t24-,26+,28-,33-,34+,40+/m0/s1. The Morgan fingerprint density at radius 1 is 0.946 bits per heavy atom. The molecule has 4 aliphatic rings. The van der Waals surface area contributed by atoms with Crippen molar-refractivity contribution in [3.05, 3.63) is 101 Å². The monoisotopic (exact) mass is 800 g/mol. The number of phenolic OH excluding ortho intramolecular Hbond substituents is 1. The number of imide groups is 2. The molecule has 2 aliphatic heterocycles. The summed E-state index contributed by atoms with van der Waals surface area (Å²) in [6.45, 7) is 3.52. The lowest BCUT2D eigenvalue weighted by Crippen LogP contribution is -2.49. The van der Waals surface area contributed by atoms with E-state index in [0.717, 1.165) is 48.5 Å².